The second-order valence-electron chi connectivity index (χ2n) is 5.76. The number of amides is 2. The second kappa shape index (κ2) is 7.97. The highest BCUT2D eigenvalue weighted by Gasteiger charge is 2.20. The number of nitrogens with zero attached hydrogens (tertiary/aromatic N) is 2. The normalized spacial score (nSPS) is 15.4. The average Bonchev–Trinajstić information content (AvgIpc) is 3.13. The van der Waals surface area contributed by atoms with E-state index in [-0.39, 0.29) is 6.03 Å². The summed E-state index contributed by atoms with van der Waals surface area (Å²) in [5.74, 6) is 1.59. The van der Waals surface area contributed by atoms with Gasteiger partial charge in [-0.1, -0.05) is 12.1 Å². The number of rotatable bonds is 5. The zero-order chi connectivity index (χ0) is 15.9. The highest BCUT2D eigenvalue weighted by molar-refractivity contribution is 7.09. The fourth-order valence-corrected chi connectivity index (χ4v) is 3.43. The maximum atomic E-state index is 11.8. The van der Waals surface area contributed by atoms with Crippen LogP contribution < -0.4 is 15.5 Å². The van der Waals surface area contributed by atoms with Crippen LogP contribution >= 0.6 is 11.3 Å². The Morgan fingerprint density at radius 3 is 2.78 bits per heavy atom. The van der Waals surface area contributed by atoms with E-state index in [1.807, 2.05) is 35.8 Å². The average molecular weight is 330 g/mol. The van der Waals surface area contributed by atoms with Gasteiger partial charge in [-0.05, 0) is 42.3 Å². The van der Waals surface area contributed by atoms with Crippen molar-refractivity contribution in [1.29, 1.82) is 0 Å². The highest BCUT2D eigenvalue weighted by Crippen LogP contribution is 2.20. The first-order valence-corrected chi connectivity index (χ1v) is 8.89. The summed E-state index contributed by atoms with van der Waals surface area (Å²) < 4.78 is 0. The van der Waals surface area contributed by atoms with Gasteiger partial charge in [0.25, 0.3) is 0 Å². The van der Waals surface area contributed by atoms with E-state index in [2.05, 4.69) is 26.6 Å². The Kier molecular flexibility index (Phi) is 5.47. The number of carbonyl (C=O) groups excluding carboxylic acids is 1. The van der Waals surface area contributed by atoms with Crippen LogP contribution in [0.25, 0.3) is 0 Å². The number of aromatic nitrogens is 1. The molecule has 122 valence electrons. The van der Waals surface area contributed by atoms with Crippen molar-refractivity contribution < 1.29 is 4.79 Å². The predicted octanol–water partition coefficient (Wildman–Crippen LogP) is 2.86. The molecule has 0 atom stereocenters. The summed E-state index contributed by atoms with van der Waals surface area (Å²) >= 11 is 1.66. The number of piperidine rings is 1. The summed E-state index contributed by atoms with van der Waals surface area (Å²) in [7, 11) is 0. The van der Waals surface area contributed by atoms with Gasteiger partial charge in [0.1, 0.15) is 5.82 Å². The third-order valence-electron chi connectivity index (χ3n) is 4.14. The first-order valence-electron chi connectivity index (χ1n) is 8.01. The lowest BCUT2D eigenvalue weighted by Gasteiger charge is -2.32. The highest BCUT2D eigenvalue weighted by atomic mass is 32.1. The van der Waals surface area contributed by atoms with Crippen LogP contribution in [0.2, 0.25) is 0 Å². The molecule has 1 fully saturated rings. The van der Waals surface area contributed by atoms with Gasteiger partial charge in [0.2, 0.25) is 0 Å². The lowest BCUT2D eigenvalue weighted by molar-refractivity contribution is 0.237. The van der Waals surface area contributed by atoms with Gasteiger partial charge in [0, 0.05) is 30.7 Å². The van der Waals surface area contributed by atoms with Crippen molar-refractivity contribution >= 4 is 23.2 Å². The SMILES string of the molecule is O=C(NCc1cccs1)NCC1CCN(c2ccccn2)CC1. The van der Waals surface area contributed by atoms with Gasteiger partial charge in [0.05, 0.1) is 6.54 Å². The number of thiophene rings is 1. The smallest absolute Gasteiger partial charge is 0.315 e. The second-order valence-corrected chi connectivity index (χ2v) is 6.79. The van der Waals surface area contributed by atoms with Crippen molar-refractivity contribution in [3.63, 3.8) is 0 Å². The molecular weight excluding hydrogens is 308 g/mol. The quantitative estimate of drug-likeness (QED) is 0.886. The predicted molar refractivity (Wildman–Crippen MR) is 93.7 cm³/mol. The maximum Gasteiger partial charge on any atom is 0.315 e. The van der Waals surface area contributed by atoms with Crippen molar-refractivity contribution in [1.82, 2.24) is 15.6 Å². The van der Waals surface area contributed by atoms with Crippen LogP contribution in [0.3, 0.4) is 0 Å². The summed E-state index contributed by atoms with van der Waals surface area (Å²) in [6.45, 7) is 3.34. The number of hydrogen-bond donors (Lipinski definition) is 2. The van der Waals surface area contributed by atoms with Crippen molar-refractivity contribution in [3.05, 3.63) is 46.8 Å². The molecule has 23 heavy (non-hydrogen) atoms. The van der Waals surface area contributed by atoms with Gasteiger partial charge in [-0.2, -0.15) is 0 Å². The van der Waals surface area contributed by atoms with Gasteiger partial charge >= 0.3 is 6.03 Å². The van der Waals surface area contributed by atoms with Gasteiger partial charge in [-0.3, -0.25) is 0 Å². The Hall–Kier alpha value is -2.08. The Bertz CT molecular complexity index is 594. The molecule has 3 rings (SSSR count). The Labute approximate surface area is 140 Å². The molecule has 6 heteroatoms. The molecule has 5 nitrogen and oxygen atoms in total. The minimum absolute atomic E-state index is 0.0782. The van der Waals surface area contributed by atoms with E-state index in [0.29, 0.717) is 12.5 Å². The fourth-order valence-electron chi connectivity index (χ4n) is 2.79. The van der Waals surface area contributed by atoms with Crippen LogP contribution in [0, 0.1) is 5.92 Å². The number of hydrogen-bond acceptors (Lipinski definition) is 4. The molecule has 0 spiro atoms. The topological polar surface area (TPSA) is 57.3 Å². The molecule has 0 saturated carbocycles. The first kappa shape index (κ1) is 15.8. The van der Waals surface area contributed by atoms with Crippen molar-refractivity contribution in [2.24, 2.45) is 5.92 Å². The molecule has 2 N–H and O–H groups in total. The van der Waals surface area contributed by atoms with Crippen molar-refractivity contribution in [2.75, 3.05) is 24.5 Å². The van der Waals surface area contributed by atoms with Gasteiger partial charge < -0.3 is 15.5 Å². The van der Waals surface area contributed by atoms with Crippen LogP contribution in [0.5, 0.6) is 0 Å². The summed E-state index contributed by atoms with van der Waals surface area (Å²) in [4.78, 5) is 19.7. The van der Waals surface area contributed by atoms with E-state index >= 15 is 0 Å². The maximum absolute atomic E-state index is 11.8. The van der Waals surface area contributed by atoms with Crippen LogP contribution in [-0.2, 0) is 6.54 Å². The molecule has 0 unspecified atom stereocenters. The van der Waals surface area contributed by atoms with Gasteiger partial charge in [-0.15, -0.1) is 11.3 Å². The van der Waals surface area contributed by atoms with Crippen LogP contribution in [0.1, 0.15) is 17.7 Å². The van der Waals surface area contributed by atoms with Crippen LogP contribution in [0.15, 0.2) is 41.9 Å². The zero-order valence-corrected chi connectivity index (χ0v) is 13.9. The van der Waals surface area contributed by atoms with E-state index in [4.69, 9.17) is 0 Å². The van der Waals surface area contributed by atoms with E-state index in [0.717, 1.165) is 38.3 Å². The summed E-state index contributed by atoms with van der Waals surface area (Å²) in [5, 5.41) is 7.91. The summed E-state index contributed by atoms with van der Waals surface area (Å²) in [6, 6.07) is 9.96. The first-order chi connectivity index (χ1) is 11.3. The largest absolute Gasteiger partial charge is 0.357 e. The monoisotopic (exact) mass is 330 g/mol. The van der Waals surface area contributed by atoms with E-state index in [1.165, 1.54) is 4.88 Å². The Morgan fingerprint density at radius 1 is 1.22 bits per heavy atom. The third kappa shape index (κ3) is 4.69. The number of nitrogens with one attached hydrogen (secondary N) is 2. The number of pyridine rings is 1. The van der Waals surface area contributed by atoms with Gasteiger partial charge in [0.15, 0.2) is 0 Å². The lowest BCUT2D eigenvalue weighted by atomic mass is 9.97. The number of urea groups is 1. The molecule has 1 aliphatic rings. The molecule has 1 aliphatic heterocycles. The molecule has 2 aromatic rings. The van der Waals surface area contributed by atoms with Crippen molar-refractivity contribution in [2.45, 2.75) is 19.4 Å². The summed E-state index contributed by atoms with van der Waals surface area (Å²) in [5.41, 5.74) is 0. The van der Waals surface area contributed by atoms with Gasteiger partial charge in [-0.25, -0.2) is 9.78 Å². The zero-order valence-electron chi connectivity index (χ0n) is 13.1. The van der Waals surface area contributed by atoms with Crippen molar-refractivity contribution in [3.8, 4) is 0 Å². The van der Waals surface area contributed by atoms with E-state index in [1.54, 1.807) is 11.3 Å². The molecule has 0 bridgehead atoms. The molecule has 1 saturated heterocycles. The summed E-state index contributed by atoms with van der Waals surface area (Å²) in [6.07, 6.45) is 4.00. The minimum atomic E-state index is -0.0782. The lowest BCUT2D eigenvalue weighted by Crippen LogP contribution is -2.41. The molecule has 2 aromatic heterocycles. The standard InChI is InChI=1S/C17H22N4OS/c22-17(20-13-15-4-3-11-23-15)19-12-14-6-9-21(10-7-14)16-5-1-2-8-18-16/h1-5,8,11,14H,6-7,9-10,12-13H2,(H2,19,20,22). The van der Waals surface area contributed by atoms with Crippen LogP contribution in [0.4, 0.5) is 10.6 Å². The molecule has 2 amide bonds. The molecule has 0 aliphatic carbocycles. The molecule has 3 heterocycles. The molecule has 0 radical (unpaired) electrons. The van der Waals surface area contributed by atoms with Crippen LogP contribution in [-0.4, -0.2) is 30.6 Å². The number of carbonyl (C=O) groups is 1. The minimum Gasteiger partial charge on any atom is -0.357 e. The molecule has 0 aromatic carbocycles. The molecular formula is C17H22N4OS. The number of anilines is 1. The third-order valence-corrected chi connectivity index (χ3v) is 5.02. The Balaban J connectivity index is 1.35. The fraction of sp³-hybridized carbons (Fsp3) is 0.412. The van der Waals surface area contributed by atoms with E-state index in [9.17, 15) is 4.79 Å². The van der Waals surface area contributed by atoms with E-state index < -0.39 is 0 Å². The Morgan fingerprint density at radius 2 is 2.09 bits per heavy atom.